The van der Waals surface area contributed by atoms with Crippen LogP contribution in [0.25, 0.3) is 17.4 Å². The molecule has 1 aliphatic rings. The van der Waals surface area contributed by atoms with Crippen LogP contribution in [0.2, 0.25) is 0 Å². The zero-order valence-corrected chi connectivity index (χ0v) is 10.4. The van der Waals surface area contributed by atoms with Crippen molar-refractivity contribution in [3.05, 3.63) is 65.6 Å². The van der Waals surface area contributed by atoms with Gasteiger partial charge in [0.15, 0.2) is 0 Å². The summed E-state index contributed by atoms with van der Waals surface area (Å²) in [6, 6.07) is 13.5. The minimum absolute atomic E-state index is 0.338. The highest BCUT2D eigenvalue weighted by Crippen LogP contribution is 2.25. The van der Waals surface area contributed by atoms with Gasteiger partial charge in [-0.15, -0.1) is 0 Å². The Morgan fingerprint density at radius 3 is 2.53 bits per heavy atom. The Morgan fingerprint density at radius 2 is 1.84 bits per heavy atom. The Labute approximate surface area is 110 Å². The number of benzene rings is 1. The van der Waals surface area contributed by atoms with Crippen molar-refractivity contribution in [3.8, 4) is 11.3 Å². The van der Waals surface area contributed by atoms with Crippen molar-refractivity contribution in [2.75, 3.05) is 0 Å². The lowest BCUT2D eigenvalue weighted by molar-refractivity contribution is -0.133. The second-order valence-corrected chi connectivity index (χ2v) is 4.31. The summed E-state index contributed by atoms with van der Waals surface area (Å²) in [5.74, 6) is 1.68. The molecule has 0 unspecified atom stereocenters. The Kier molecular flexibility index (Phi) is 2.80. The molecule has 0 saturated carbocycles. The first-order chi connectivity index (χ1) is 9.22. The molecule has 1 aromatic carbocycles. The number of ether oxygens (including phenoxy) is 1. The minimum Gasteiger partial charge on any atom is -0.457 e. The predicted octanol–water partition coefficient (Wildman–Crippen LogP) is 3.79. The average Bonchev–Trinajstić information content (AvgIpc) is 2.99. The average molecular weight is 252 g/mol. The number of carbonyl (C=O) groups is 1. The van der Waals surface area contributed by atoms with Crippen LogP contribution in [0.1, 0.15) is 12.7 Å². The number of esters is 1. The van der Waals surface area contributed by atoms with Crippen LogP contribution in [0.5, 0.6) is 0 Å². The van der Waals surface area contributed by atoms with Gasteiger partial charge in [0.05, 0.1) is 5.57 Å². The molecule has 0 aliphatic carbocycles. The van der Waals surface area contributed by atoms with Gasteiger partial charge in [-0.25, -0.2) is 4.79 Å². The van der Waals surface area contributed by atoms with Crippen molar-refractivity contribution in [2.24, 2.45) is 0 Å². The van der Waals surface area contributed by atoms with Crippen molar-refractivity contribution >= 4 is 12.0 Å². The van der Waals surface area contributed by atoms with Gasteiger partial charge < -0.3 is 9.15 Å². The van der Waals surface area contributed by atoms with E-state index in [0.29, 0.717) is 17.1 Å². The van der Waals surface area contributed by atoms with Gasteiger partial charge in [-0.3, -0.25) is 0 Å². The maximum absolute atomic E-state index is 11.5. The lowest BCUT2D eigenvalue weighted by atomic mass is 10.2. The molecule has 3 heteroatoms. The first-order valence-electron chi connectivity index (χ1n) is 6.00. The smallest absolute Gasteiger partial charge is 0.343 e. The summed E-state index contributed by atoms with van der Waals surface area (Å²) in [6.07, 6.45) is 3.39. The molecule has 2 heterocycles. The monoisotopic (exact) mass is 252 g/mol. The fourth-order valence-corrected chi connectivity index (χ4v) is 1.95. The molecule has 2 aromatic rings. The molecule has 19 heavy (non-hydrogen) atoms. The first-order valence-corrected chi connectivity index (χ1v) is 6.00. The molecule has 1 aliphatic heterocycles. The molecule has 0 bridgehead atoms. The van der Waals surface area contributed by atoms with Crippen molar-refractivity contribution in [2.45, 2.75) is 6.92 Å². The fraction of sp³-hybridized carbons (Fsp3) is 0.0625. The molecule has 0 amide bonds. The van der Waals surface area contributed by atoms with Gasteiger partial charge in [-0.1, -0.05) is 30.3 Å². The zero-order valence-electron chi connectivity index (χ0n) is 10.4. The molecule has 0 atom stereocenters. The van der Waals surface area contributed by atoms with Crippen LogP contribution in [0.15, 0.2) is 64.3 Å². The number of cyclic esters (lactones) is 1. The van der Waals surface area contributed by atoms with Gasteiger partial charge in [0.25, 0.3) is 0 Å². The van der Waals surface area contributed by atoms with Crippen LogP contribution in [0, 0.1) is 0 Å². The highest BCUT2D eigenvalue weighted by atomic mass is 16.5. The van der Waals surface area contributed by atoms with Crippen molar-refractivity contribution in [3.63, 3.8) is 0 Å². The lowest BCUT2D eigenvalue weighted by Gasteiger charge is -1.95. The molecule has 0 saturated heterocycles. The van der Waals surface area contributed by atoms with Gasteiger partial charge in [0.2, 0.25) is 0 Å². The van der Waals surface area contributed by atoms with Crippen LogP contribution in [0.3, 0.4) is 0 Å². The number of hydrogen-bond acceptors (Lipinski definition) is 3. The number of rotatable bonds is 2. The van der Waals surface area contributed by atoms with E-state index < -0.39 is 0 Å². The Balaban J connectivity index is 1.91. The standard InChI is InChI=1S/C16H12O3/c1-11-9-13(16(17)18-11)10-14-7-8-15(19-14)12-5-3-2-4-6-12/h2-10H,1H3. The molecule has 0 spiro atoms. The van der Waals surface area contributed by atoms with Gasteiger partial charge in [0, 0.05) is 5.56 Å². The molecule has 1 aromatic heterocycles. The molecule has 94 valence electrons. The van der Waals surface area contributed by atoms with E-state index in [9.17, 15) is 4.79 Å². The van der Waals surface area contributed by atoms with E-state index in [1.807, 2.05) is 42.5 Å². The molecular weight excluding hydrogens is 240 g/mol. The summed E-state index contributed by atoms with van der Waals surface area (Å²) in [7, 11) is 0. The van der Waals surface area contributed by atoms with E-state index in [-0.39, 0.29) is 5.97 Å². The van der Waals surface area contributed by atoms with Crippen LogP contribution in [-0.4, -0.2) is 5.97 Å². The third-order valence-electron chi connectivity index (χ3n) is 2.83. The third kappa shape index (κ3) is 2.36. The summed E-state index contributed by atoms with van der Waals surface area (Å²) in [5.41, 5.74) is 1.51. The van der Waals surface area contributed by atoms with Crippen LogP contribution < -0.4 is 0 Å². The van der Waals surface area contributed by atoms with Crippen LogP contribution in [0.4, 0.5) is 0 Å². The quantitative estimate of drug-likeness (QED) is 0.603. The molecule has 0 N–H and O–H groups in total. The summed E-state index contributed by atoms with van der Waals surface area (Å²) in [6.45, 7) is 1.75. The Morgan fingerprint density at radius 1 is 1.05 bits per heavy atom. The fourth-order valence-electron chi connectivity index (χ4n) is 1.95. The van der Waals surface area contributed by atoms with Gasteiger partial charge in [-0.05, 0) is 31.2 Å². The normalized spacial score (nSPS) is 16.6. The van der Waals surface area contributed by atoms with Crippen LogP contribution >= 0.6 is 0 Å². The first kappa shape index (κ1) is 11.5. The lowest BCUT2D eigenvalue weighted by Crippen LogP contribution is -1.95. The van der Waals surface area contributed by atoms with E-state index >= 15 is 0 Å². The topological polar surface area (TPSA) is 39.4 Å². The summed E-state index contributed by atoms with van der Waals surface area (Å²) >= 11 is 0. The highest BCUT2D eigenvalue weighted by molar-refractivity contribution is 5.99. The zero-order chi connectivity index (χ0) is 13.2. The number of furan rings is 1. The Bertz CT molecular complexity index is 675. The van der Waals surface area contributed by atoms with Gasteiger partial charge in [-0.2, -0.15) is 0 Å². The molecule has 0 fully saturated rings. The predicted molar refractivity (Wildman–Crippen MR) is 72.0 cm³/mol. The van der Waals surface area contributed by atoms with Gasteiger partial charge >= 0.3 is 5.97 Å². The number of allylic oxidation sites excluding steroid dienone is 1. The van der Waals surface area contributed by atoms with Crippen LogP contribution in [-0.2, 0) is 9.53 Å². The molecule has 3 rings (SSSR count). The number of hydrogen-bond donors (Lipinski definition) is 0. The maximum Gasteiger partial charge on any atom is 0.343 e. The summed E-state index contributed by atoms with van der Waals surface area (Å²) in [5, 5.41) is 0. The minimum atomic E-state index is -0.338. The molecular formula is C16H12O3. The second-order valence-electron chi connectivity index (χ2n) is 4.31. The van der Waals surface area contributed by atoms with E-state index in [2.05, 4.69) is 0 Å². The van der Waals surface area contributed by atoms with Crippen molar-refractivity contribution in [1.82, 2.24) is 0 Å². The van der Waals surface area contributed by atoms with E-state index in [0.717, 1.165) is 11.3 Å². The van der Waals surface area contributed by atoms with Crippen molar-refractivity contribution in [1.29, 1.82) is 0 Å². The SMILES string of the molecule is CC1=CC(=Cc2ccc(-c3ccccc3)o2)C(=O)O1. The van der Waals surface area contributed by atoms with E-state index in [1.54, 1.807) is 19.1 Å². The van der Waals surface area contributed by atoms with Gasteiger partial charge in [0.1, 0.15) is 17.3 Å². The summed E-state index contributed by atoms with van der Waals surface area (Å²) < 4.78 is 10.7. The highest BCUT2D eigenvalue weighted by Gasteiger charge is 2.18. The maximum atomic E-state index is 11.5. The summed E-state index contributed by atoms with van der Waals surface area (Å²) in [4.78, 5) is 11.5. The second kappa shape index (κ2) is 4.61. The third-order valence-corrected chi connectivity index (χ3v) is 2.83. The van der Waals surface area contributed by atoms with Crippen molar-refractivity contribution < 1.29 is 13.9 Å². The van der Waals surface area contributed by atoms with E-state index in [1.165, 1.54) is 0 Å². The largest absolute Gasteiger partial charge is 0.457 e. The number of carbonyl (C=O) groups excluding carboxylic acids is 1. The van der Waals surface area contributed by atoms with E-state index in [4.69, 9.17) is 9.15 Å². The Hall–Kier alpha value is -2.55. The molecule has 0 radical (unpaired) electrons. The molecule has 3 nitrogen and oxygen atoms in total.